The third-order valence-electron chi connectivity index (χ3n) is 3.48. The third-order valence-corrected chi connectivity index (χ3v) is 3.73. The third kappa shape index (κ3) is 4.23. The maximum absolute atomic E-state index is 13.6. The Morgan fingerprint density at radius 1 is 0.923 bits per heavy atom. The summed E-state index contributed by atoms with van der Waals surface area (Å²) in [5, 5.41) is 5.67. The molecule has 3 rings (SSSR count). The average Bonchev–Trinajstić information content (AvgIpc) is 2.65. The first-order chi connectivity index (χ1) is 12.5. The summed E-state index contributed by atoms with van der Waals surface area (Å²) in [5.74, 6) is -1.57. The smallest absolute Gasteiger partial charge is 0.274 e. The van der Waals surface area contributed by atoms with Crippen LogP contribution >= 0.6 is 11.6 Å². The van der Waals surface area contributed by atoms with Gasteiger partial charge >= 0.3 is 0 Å². The van der Waals surface area contributed by atoms with Gasteiger partial charge < -0.3 is 10.6 Å². The standard InChI is InChI=1S/C19H13ClFN3O2/c20-13-5-7-14(8-6-13)23-19(26)17-11-12(9-10-22-17)18(25)24-16-4-2-1-3-15(16)21/h1-11H,(H,23,26)(H,24,25). The summed E-state index contributed by atoms with van der Waals surface area (Å²) in [4.78, 5) is 28.5. The van der Waals surface area contributed by atoms with Gasteiger partial charge in [0.2, 0.25) is 0 Å². The number of para-hydroxylation sites is 1. The summed E-state index contributed by atoms with van der Waals surface area (Å²) in [6.45, 7) is 0. The molecule has 0 aliphatic heterocycles. The molecule has 0 aliphatic carbocycles. The van der Waals surface area contributed by atoms with Gasteiger partial charge in [-0.2, -0.15) is 0 Å². The van der Waals surface area contributed by atoms with Crippen LogP contribution in [-0.4, -0.2) is 16.8 Å². The molecule has 0 aliphatic rings. The van der Waals surface area contributed by atoms with Gasteiger partial charge in [0.25, 0.3) is 11.8 Å². The topological polar surface area (TPSA) is 71.1 Å². The number of carbonyl (C=O) groups excluding carboxylic acids is 2. The summed E-state index contributed by atoms with van der Waals surface area (Å²) in [7, 11) is 0. The van der Waals surface area contributed by atoms with Crippen LogP contribution in [0.3, 0.4) is 0 Å². The Hall–Kier alpha value is -3.25. The molecule has 0 fully saturated rings. The number of halogens is 2. The maximum Gasteiger partial charge on any atom is 0.274 e. The van der Waals surface area contributed by atoms with Gasteiger partial charge in [-0.15, -0.1) is 0 Å². The van der Waals surface area contributed by atoms with Gasteiger partial charge in [-0.1, -0.05) is 23.7 Å². The van der Waals surface area contributed by atoms with Crippen molar-refractivity contribution in [3.05, 3.63) is 89.0 Å². The van der Waals surface area contributed by atoms with Crippen molar-refractivity contribution in [1.29, 1.82) is 0 Å². The molecular weight excluding hydrogens is 357 g/mol. The molecule has 1 aromatic heterocycles. The Kier molecular flexibility index (Phi) is 5.24. The van der Waals surface area contributed by atoms with Crippen molar-refractivity contribution in [2.75, 3.05) is 10.6 Å². The molecule has 0 unspecified atom stereocenters. The highest BCUT2D eigenvalue weighted by molar-refractivity contribution is 6.30. The number of hydrogen-bond donors (Lipinski definition) is 2. The molecule has 1 heterocycles. The summed E-state index contributed by atoms with van der Waals surface area (Å²) in [6, 6.07) is 15.2. The number of nitrogens with one attached hydrogen (secondary N) is 2. The number of hydrogen-bond acceptors (Lipinski definition) is 3. The first-order valence-corrected chi connectivity index (χ1v) is 7.99. The van der Waals surface area contributed by atoms with Crippen LogP contribution in [0.25, 0.3) is 0 Å². The van der Waals surface area contributed by atoms with Crippen molar-refractivity contribution in [1.82, 2.24) is 4.98 Å². The minimum absolute atomic E-state index is 0.0566. The fourth-order valence-corrected chi connectivity index (χ4v) is 2.31. The summed E-state index contributed by atoms with van der Waals surface area (Å²) < 4.78 is 13.6. The Morgan fingerprint density at radius 2 is 1.65 bits per heavy atom. The van der Waals surface area contributed by atoms with Crippen LogP contribution in [0.4, 0.5) is 15.8 Å². The summed E-state index contributed by atoms with van der Waals surface area (Å²) in [6.07, 6.45) is 1.34. The average molecular weight is 370 g/mol. The molecule has 0 saturated heterocycles. The van der Waals surface area contributed by atoms with E-state index in [1.54, 1.807) is 30.3 Å². The molecule has 2 aromatic carbocycles. The van der Waals surface area contributed by atoms with Gasteiger partial charge in [0.1, 0.15) is 11.5 Å². The molecule has 0 spiro atoms. The predicted octanol–water partition coefficient (Wildman–Crippen LogP) is 4.38. The molecule has 0 bridgehead atoms. The maximum atomic E-state index is 13.6. The van der Waals surface area contributed by atoms with Crippen LogP contribution in [0.1, 0.15) is 20.8 Å². The first-order valence-electron chi connectivity index (χ1n) is 7.62. The Bertz CT molecular complexity index is 961. The van der Waals surface area contributed by atoms with Crippen molar-refractivity contribution in [3.63, 3.8) is 0 Å². The number of aromatic nitrogens is 1. The summed E-state index contributed by atoms with van der Waals surface area (Å²) >= 11 is 5.80. The number of pyridine rings is 1. The van der Waals surface area contributed by atoms with E-state index < -0.39 is 17.6 Å². The van der Waals surface area contributed by atoms with E-state index in [1.165, 1.54) is 36.5 Å². The van der Waals surface area contributed by atoms with Crippen LogP contribution in [0.2, 0.25) is 5.02 Å². The van der Waals surface area contributed by atoms with Gasteiger partial charge in [0.15, 0.2) is 0 Å². The lowest BCUT2D eigenvalue weighted by Gasteiger charge is -2.08. The van der Waals surface area contributed by atoms with Crippen LogP contribution < -0.4 is 10.6 Å². The summed E-state index contributed by atoms with van der Waals surface area (Å²) in [5.41, 5.74) is 0.842. The van der Waals surface area contributed by atoms with Crippen molar-refractivity contribution in [2.45, 2.75) is 0 Å². The van der Waals surface area contributed by atoms with E-state index in [-0.39, 0.29) is 16.9 Å². The van der Waals surface area contributed by atoms with Gasteiger partial charge in [0, 0.05) is 22.5 Å². The molecule has 26 heavy (non-hydrogen) atoms. The van der Waals surface area contributed by atoms with E-state index in [9.17, 15) is 14.0 Å². The lowest BCUT2D eigenvalue weighted by molar-refractivity contribution is 0.102. The quantitative estimate of drug-likeness (QED) is 0.717. The number of rotatable bonds is 4. The minimum Gasteiger partial charge on any atom is -0.321 e. The highest BCUT2D eigenvalue weighted by Crippen LogP contribution is 2.16. The van der Waals surface area contributed by atoms with Gasteiger partial charge in [-0.05, 0) is 48.5 Å². The Labute approximate surface area is 153 Å². The zero-order chi connectivity index (χ0) is 18.5. The lowest BCUT2D eigenvalue weighted by Crippen LogP contribution is -2.17. The van der Waals surface area contributed by atoms with E-state index in [2.05, 4.69) is 15.6 Å². The number of benzene rings is 2. The molecule has 2 N–H and O–H groups in total. The van der Waals surface area contributed by atoms with E-state index in [0.717, 1.165) is 0 Å². The van der Waals surface area contributed by atoms with Crippen LogP contribution in [-0.2, 0) is 0 Å². The van der Waals surface area contributed by atoms with Crippen LogP contribution in [0, 0.1) is 5.82 Å². The number of anilines is 2. The normalized spacial score (nSPS) is 10.2. The van der Waals surface area contributed by atoms with Crippen molar-refractivity contribution in [3.8, 4) is 0 Å². The molecule has 3 aromatic rings. The zero-order valence-electron chi connectivity index (χ0n) is 13.4. The second kappa shape index (κ2) is 7.76. The van der Waals surface area contributed by atoms with Crippen molar-refractivity contribution < 1.29 is 14.0 Å². The molecule has 5 nitrogen and oxygen atoms in total. The number of nitrogens with zero attached hydrogens (tertiary/aromatic N) is 1. The molecule has 0 radical (unpaired) electrons. The zero-order valence-corrected chi connectivity index (χ0v) is 14.1. The Morgan fingerprint density at radius 3 is 2.38 bits per heavy atom. The fraction of sp³-hybridized carbons (Fsp3) is 0. The number of carbonyl (C=O) groups is 2. The van der Waals surface area contributed by atoms with Gasteiger partial charge in [-0.25, -0.2) is 4.39 Å². The highest BCUT2D eigenvalue weighted by Gasteiger charge is 2.13. The van der Waals surface area contributed by atoms with E-state index in [4.69, 9.17) is 11.6 Å². The molecule has 0 saturated carbocycles. The van der Waals surface area contributed by atoms with E-state index in [0.29, 0.717) is 10.7 Å². The lowest BCUT2D eigenvalue weighted by atomic mass is 10.2. The predicted molar refractivity (Wildman–Crippen MR) is 98.0 cm³/mol. The molecule has 2 amide bonds. The van der Waals surface area contributed by atoms with Gasteiger partial charge in [0.05, 0.1) is 5.69 Å². The van der Waals surface area contributed by atoms with Crippen LogP contribution in [0.15, 0.2) is 66.9 Å². The van der Waals surface area contributed by atoms with Crippen LogP contribution in [0.5, 0.6) is 0 Å². The largest absolute Gasteiger partial charge is 0.321 e. The number of amides is 2. The van der Waals surface area contributed by atoms with Gasteiger partial charge in [-0.3, -0.25) is 14.6 Å². The molecule has 0 atom stereocenters. The van der Waals surface area contributed by atoms with Crippen molar-refractivity contribution >= 4 is 34.8 Å². The SMILES string of the molecule is O=C(Nc1ccccc1F)c1ccnc(C(=O)Nc2ccc(Cl)cc2)c1. The molecular formula is C19H13ClFN3O2. The molecule has 130 valence electrons. The Balaban J connectivity index is 1.75. The minimum atomic E-state index is -0.546. The second-order valence-electron chi connectivity index (χ2n) is 5.32. The van der Waals surface area contributed by atoms with Crippen molar-refractivity contribution in [2.24, 2.45) is 0 Å². The van der Waals surface area contributed by atoms with E-state index >= 15 is 0 Å². The highest BCUT2D eigenvalue weighted by atomic mass is 35.5. The fourth-order valence-electron chi connectivity index (χ4n) is 2.18. The first kappa shape index (κ1) is 17.6. The molecule has 7 heteroatoms. The van der Waals surface area contributed by atoms with E-state index in [1.807, 2.05) is 0 Å². The monoisotopic (exact) mass is 369 g/mol. The second-order valence-corrected chi connectivity index (χ2v) is 5.76.